The van der Waals surface area contributed by atoms with Crippen LogP contribution >= 0.6 is 0 Å². The lowest BCUT2D eigenvalue weighted by Gasteiger charge is -2.40. The zero-order valence-electron chi connectivity index (χ0n) is 13.4. The lowest BCUT2D eigenvalue weighted by atomic mass is 9.73. The third kappa shape index (κ3) is 4.18. The minimum Gasteiger partial charge on any atom is -0.481 e. The van der Waals surface area contributed by atoms with Crippen molar-refractivity contribution >= 4 is 17.8 Å². The molecule has 1 saturated carbocycles. The van der Waals surface area contributed by atoms with Gasteiger partial charge in [0.2, 0.25) is 11.8 Å². The van der Waals surface area contributed by atoms with Crippen molar-refractivity contribution in [1.82, 2.24) is 10.2 Å². The number of carbonyl (C=O) groups is 3. The van der Waals surface area contributed by atoms with Gasteiger partial charge in [-0.25, -0.2) is 0 Å². The standard InChI is InChI=1S/C15H21F3N2O4/c1-14(5-3-2-4-10(14)13(23)24)19-12(22)9-6-11(21)20(7-9)8-15(16,17)18/h9-10H,2-8H2,1H3,(H,19,22)(H,23,24). The predicted molar refractivity (Wildman–Crippen MR) is 76.9 cm³/mol. The second-order valence-electron chi connectivity index (χ2n) is 6.83. The van der Waals surface area contributed by atoms with E-state index in [0.29, 0.717) is 17.7 Å². The van der Waals surface area contributed by atoms with Gasteiger partial charge in [0.25, 0.3) is 0 Å². The van der Waals surface area contributed by atoms with E-state index >= 15 is 0 Å². The van der Waals surface area contributed by atoms with Crippen molar-refractivity contribution in [3.05, 3.63) is 0 Å². The van der Waals surface area contributed by atoms with Crippen molar-refractivity contribution in [3.63, 3.8) is 0 Å². The van der Waals surface area contributed by atoms with Crippen molar-refractivity contribution in [2.75, 3.05) is 13.1 Å². The van der Waals surface area contributed by atoms with Gasteiger partial charge < -0.3 is 15.3 Å². The first-order valence-electron chi connectivity index (χ1n) is 7.91. The zero-order chi connectivity index (χ0) is 18.1. The molecule has 24 heavy (non-hydrogen) atoms. The third-order valence-electron chi connectivity index (χ3n) is 4.87. The topological polar surface area (TPSA) is 86.7 Å². The molecule has 0 aromatic rings. The van der Waals surface area contributed by atoms with Crippen LogP contribution in [0.5, 0.6) is 0 Å². The van der Waals surface area contributed by atoms with Crippen LogP contribution in [0.15, 0.2) is 0 Å². The summed E-state index contributed by atoms with van der Waals surface area (Å²) >= 11 is 0. The van der Waals surface area contributed by atoms with Gasteiger partial charge in [0.15, 0.2) is 0 Å². The Morgan fingerprint density at radius 1 is 1.38 bits per heavy atom. The van der Waals surface area contributed by atoms with Crippen LogP contribution in [0.3, 0.4) is 0 Å². The van der Waals surface area contributed by atoms with E-state index in [9.17, 15) is 32.7 Å². The van der Waals surface area contributed by atoms with Crippen LogP contribution in [0.2, 0.25) is 0 Å². The van der Waals surface area contributed by atoms with Crippen molar-refractivity contribution in [3.8, 4) is 0 Å². The Bertz CT molecular complexity index is 537. The first kappa shape index (κ1) is 18.5. The van der Waals surface area contributed by atoms with Crippen LogP contribution < -0.4 is 5.32 Å². The van der Waals surface area contributed by atoms with Gasteiger partial charge in [0.05, 0.1) is 17.4 Å². The van der Waals surface area contributed by atoms with Crippen LogP contribution in [0.1, 0.15) is 39.0 Å². The first-order valence-corrected chi connectivity index (χ1v) is 7.91. The molecule has 9 heteroatoms. The molecule has 1 heterocycles. The molecule has 1 saturated heterocycles. The number of carbonyl (C=O) groups excluding carboxylic acids is 2. The number of carboxylic acids is 1. The summed E-state index contributed by atoms with van der Waals surface area (Å²) in [6.45, 7) is -0.0181. The summed E-state index contributed by atoms with van der Waals surface area (Å²) in [5, 5.41) is 12.0. The molecule has 2 N–H and O–H groups in total. The van der Waals surface area contributed by atoms with Crippen molar-refractivity contribution < 1.29 is 32.7 Å². The highest BCUT2D eigenvalue weighted by Crippen LogP contribution is 2.34. The van der Waals surface area contributed by atoms with E-state index in [1.54, 1.807) is 6.92 Å². The summed E-state index contributed by atoms with van der Waals surface area (Å²) in [6.07, 6.45) is -2.34. The van der Waals surface area contributed by atoms with E-state index < -0.39 is 47.9 Å². The van der Waals surface area contributed by atoms with Gasteiger partial charge in [-0.1, -0.05) is 12.8 Å². The molecule has 2 rings (SSSR count). The molecule has 3 atom stereocenters. The SMILES string of the molecule is CC1(NC(=O)C2CC(=O)N(CC(F)(F)F)C2)CCCCC1C(=O)O. The summed E-state index contributed by atoms with van der Waals surface area (Å²) < 4.78 is 37.3. The largest absolute Gasteiger partial charge is 0.481 e. The Kier molecular flexibility index (Phi) is 5.10. The van der Waals surface area contributed by atoms with Crippen molar-refractivity contribution in [2.24, 2.45) is 11.8 Å². The number of aliphatic carboxylic acids is 1. The Morgan fingerprint density at radius 2 is 2.04 bits per heavy atom. The molecule has 6 nitrogen and oxygen atoms in total. The Hall–Kier alpha value is -1.80. The maximum absolute atomic E-state index is 12.4. The lowest BCUT2D eigenvalue weighted by molar-refractivity contribution is -0.157. The fraction of sp³-hybridized carbons (Fsp3) is 0.800. The van der Waals surface area contributed by atoms with Crippen LogP contribution in [0.4, 0.5) is 13.2 Å². The molecular formula is C15H21F3N2O4. The highest BCUT2D eigenvalue weighted by atomic mass is 19.4. The molecule has 0 aromatic heterocycles. The highest BCUT2D eigenvalue weighted by molar-refractivity contribution is 5.90. The van der Waals surface area contributed by atoms with Gasteiger partial charge in [-0.15, -0.1) is 0 Å². The Labute approximate surface area is 137 Å². The van der Waals surface area contributed by atoms with Gasteiger partial charge in [-0.05, 0) is 19.8 Å². The molecule has 136 valence electrons. The predicted octanol–water partition coefficient (Wildman–Crippen LogP) is 1.55. The second-order valence-corrected chi connectivity index (χ2v) is 6.83. The number of halogens is 3. The van der Waals surface area contributed by atoms with E-state index in [1.165, 1.54) is 0 Å². The molecule has 2 aliphatic rings. The number of likely N-dealkylation sites (tertiary alicyclic amines) is 1. The van der Waals surface area contributed by atoms with Crippen LogP contribution in [0.25, 0.3) is 0 Å². The molecule has 0 radical (unpaired) electrons. The van der Waals surface area contributed by atoms with E-state index in [2.05, 4.69) is 5.32 Å². The maximum Gasteiger partial charge on any atom is 0.406 e. The third-order valence-corrected chi connectivity index (χ3v) is 4.87. The number of amides is 2. The molecule has 1 aliphatic carbocycles. The van der Waals surface area contributed by atoms with E-state index in [4.69, 9.17) is 0 Å². The van der Waals surface area contributed by atoms with Gasteiger partial charge in [-0.3, -0.25) is 14.4 Å². The number of alkyl halides is 3. The quantitative estimate of drug-likeness (QED) is 0.805. The molecule has 2 fully saturated rings. The summed E-state index contributed by atoms with van der Waals surface area (Å²) in [6, 6.07) is 0. The van der Waals surface area contributed by atoms with Crippen LogP contribution in [-0.2, 0) is 14.4 Å². The smallest absolute Gasteiger partial charge is 0.406 e. The minimum atomic E-state index is -4.51. The van der Waals surface area contributed by atoms with Gasteiger partial charge >= 0.3 is 12.1 Å². The van der Waals surface area contributed by atoms with E-state index in [0.717, 1.165) is 12.8 Å². The monoisotopic (exact) mass is 350 g/mol. The zero-order valence-corrected chi connectivity index (χ0v) is 13.4. The minimum absolute atomic E-state index is 0.282. The summed E-state index contributed by atoms with van der Waals surface area (Å²) in [5.74, 6) is -3.88. The summed E-state index contributed by atoms with van der Waals surface area (Å²) in [5.41, 5.74) is -0.943. The molecule has 2 amide bonds. The number of carboxylic acid groups (broad SMARTS) is 1. The number of nitrogens with zero attached hydrogens (tertiary/aromatic N) is 1. The number of nitrogens with one attached hydrogen (secondary N) is 1. The molecule has 3 unspecified atom stereocenters. The molecular weight excluding hydrogens is 329 g/mol. The first-order chi connectivity index (χ1) is 11.0. The average molecular weight is 350 g/mol. The van der Waals surface area contributed by atoms with E-state index in [-0.39, 0.29) is 13.0 Å². The highest BCUT2D eigenvalue weighted by Gasteiger charge is 2.45. The number of hydrogen-bond donors (Lipinski definition) is 2. The van der Waals surface area contributed by atoms with E-state index in [1.807, 2.05) is 0 Å². The van der Waals surface area contributed by atoms with Crippen LogP contribution in [-0.4, -0.2) is 52.6 Å². The normalized spacial score (nSPS) is 31.2. The van der Waals surface area contributed by atoms with Gasteiger partial charge in [0.1, 0.15) is 6.54 Å². The lowest BCUT2D eigenvalue weighted by Crippen LogP contribution is -2.56. The maximum atomic E-state index is 12.4. The molecule has 0 aromatic carbocycles. The second kappa shape index (κ2) is 6.60. The molecule has 0 spiro atoms. The Balaban J connectivity index is 2.02. The van der Waals surface area contributed by atoms with Crippen molar-refractivity contribution in [2.45, 2.75) is 50.7 Å². The number of hydrogen-bond acceptors (Lipinski definition) is 3. The molecule has 1 aliphatic heterocycles. The molecule has 0 bridgehead atoms. The number of rotatable bonds is 4. The average Bonchev–Trinajstić information content (AvgIpc) is 2.78. The van der Waals surface area contributed by atoms with Crippen molar-refractivity contribution in [1.29, 1.82) is 0 Å². The Morgan fingerprint density at radius 3 is 2.62 bits per heavy atom. The fourth-order valence-electron chi connectivity index (χ4n) is 3.58. The summed E-state index contributed by atoms with van der Waals surface area (Å²) in [4.78, 5) is 36.1. The van der Waals surface area contributed by atoms with Gasteiger partial charge in [-0.2, -0.15) is 13.2 Å². The van der Waals surface area contributed by atoms with Crippen LogP contribution in [0, 0.1) is 11.8 Å². The fourth-order valence-corrected chi connectivity index (χ4v) is 3.58. The summed E-state index contributed by atoms with van der Waals surface area (Å²) in [7, 11) is 0. The van der Waals surface area contributed by atoms with Gasteiger partial charge in [0, 0.05) is 13.0 Å².